The first-order valence-electron chi connectivity index (χ1n) is 5.15. The first kappa shape index (κ1) is 14.0. The quantitative estimate of drug-likeness (QED) is 0.655. The van der Waals surface area contributed by atoms with Crippen molar-refractivity contribution < 1.29 is 8.42 Å². The molecule has 2 N–H and O–H groups in total. The number of sulfone groups is 1. The number of guanidine groups is 1. The fourth-order valence-corrected chi connectivity index (χ4v) is 3.46. The highest BCUT2D eigenvalue weighted by Crippen LogP contribution is 2.23. The Kier molecular flexibility index (Phi) is 4.53. The van der Waals surface area contributed by atoms with Gasteiger partial charge < -0.3 is 10.6 Å². The molecule has 0 radical (unpaired) electrons. The molecule has 0 fully saturated rings. The molecule has 1 rings (SSSR count). The van der Waals surface area contributed by atoms with Gasteiger partial charge in [0.25, 0.3) is 0 Å². The van der Waals surface area contributed by atoms with Gasteiger partial charge in [-0.2, -0.15) is 0 Å². The molecule has 0 aliphatic rings. The smallest absolute Gasteiger partial charge is 0.191 e. The highest BCUT2D eigenvalue weighted by atomic mass is 32.2. The van der Waals surface area contributed by atoms with Crippen LogP contribution < -0.4 is 5.73 Å². The second-order valence-corrected chi connectivity index (χ2v) is 7.37. The number of hydrogen-bond donors (Lipinski definition) is 1. The van der Waals surface area contributed by atoms with E-state index in [1.54, 1.807) is 38.1 Å². The predicted octanol–water partition coefficient (Wildman–Crippen LogP) is 0.918. The van der Waals surface area contributed by atoms with Gasteiger partial charge in [0.15, 0.2) is 15.8 Å². The van der Waals surface area contributed by atoms with Crippen LogP contribution in [0.15, 0.2) is 21.3 Å². The molecule has 5 nitrogen and oxygen atoms in total. The molecule has 0 saturated carbocycles. The topological polar surface area (TPSA) is 75.8 Å². The van der Waals surface area contributed by atoms with Crippen molar-refractivity contribution in [1.82, 2.24) is 4.90 Å². The highest BCUT2D eigenvalue weighted by Gasteiger charge is 2.14. The van der Waals surface area contributed by atoms with Crippen molar-refractivity contribution in [2.24, 2.45) is 10.7 Å². The maximum absolute atomic E-state index is 11.6. The van der Waals surface area contributed by atoms with Crippen molar-refractivity contribution in [2.45, 2.75) is 17.7 Å². The van der Waals surface area contributed by atoms with Gasteiger partial charge in [0.1, 0.15) is 4.21 Å². The minimum atomic E-state index is -3.10. The van der Waals surface area contributed by atoms with Gasteiger partial charge in [-0.3, -0.25) is 0 Å². The summed E-state index contributed by atoms with van der Waals surface area (Å²) < 4.78 is 23.6. The first-order chi connectivity index (χ1) is 7.86. The van der Waals surface area contributed by atoms with Gasteiger partial charge in [-0.25, -0.2) is 13.4 Å². The standard InChI is InChI=1S/C10H17N3O2S2/c1-4-17(14,15)9-6-5-8(16-9)7-12-10(11)13(2)3/h5-6H,4,7H2,1-3H3,(H2,11,12). The summed E-state index contributed by atoms with van der Waals surface area (Å²) >= 11 is 1.25. The van der Waals surface area contributed by atoms with Crippen molar-refractivity contribution in [3.05, 3.63) is 17.0 Å². The van der Waals surface area contributed by atoms with Crippen LogP contribution in [0.1, 0.15) is 11.8 Å². The third-order valence-electron chi connectivity index (χ3n) is 2.18. The molecule has 96 valence electrons. The molecule has 1 heterocycles. The molecule has 0 aromatic carbocycles. The first-order valence-corrected chi connectivity index (χ1v) is 7.62. The van der Waals surface area contributed by atoms with Gasteiger partial charge in [0, 0.05) is 19.0 Å². The Labute approximate surface area is 106 Å². The van der Waals surface area contributed by atoms with E-state index in [9.17, 15) is 8.42 Å². The molecule has 1 aromatic heterocycles. The van der Waals surface area contributed by atoms with Crippen LogP contribution in [0.2, 0.25) is 0 Å². The van der Waals surface area contributed by atoms with Gasteiger partial charge >= 0.3 is 0 Å². The molecule has 0 unspecified atom stereocenters. The zero-order valence-corrected chi connectivity index (χ0v) is 11.8. The van der Waals surface area contributed by atoms with Gasteiger partial charge in [-0.05, 0) is 12.1 Å². The van der Waals surface area contributed by atoms with E-state index in [-0.39, 0.29) is 5.75 Å². The van der Waals surface area contributed by atoms with E-state index in [1.165, 1.54) is 11.3 Å². The van der Waals surface area contributed by atoms with E-state index < -0.39 is 9.84 Å². The Morgan fingerprint density at radius 2 is 2.12 bits per heavy atom. The Bertz CT molecular complexity index is 503. The molecule has 0 atom stereocenters. The van der Waals surface area contributed by atoms with Crippen molar-refractivity contribution in [2.75, 3.05) is 19.8 Å². The third-order valence-corrected chi connectivity index (χ3v) is 5.56. The van der Waals surface area contributed by atoms with E-state index in [0.29, 0.717) is 16.7 Å². The zero-order chi connectivity index (χ0) is 13.1. The van der Waals surface area contributed by atoms with Gasteiger partial charge in [0.05, 0.1) is 12.3 Å². The van der Waals surface area contributed by atoms with Crippen LogP contribution in [0.3, 0.4) is 0 Å². The van der Waals surface area contributed by atoms with Crippen molar-refractivity contribution >= 4 is 27.1 Å². The maximum Gasteiger partial charge on any atom is 0.191 e. The van der Waals surface area contributed by atoms with Crippen LogP contribution in [-0.4, -0.2) is 39.1 Å². The fourth-order valence-electron chi connectivity index (χ4n) is 1.05. The monoisotopic (exact) mass is 275 g/mol. The largest absolute Gasteiger partial charge is 0.370 e. The summed E-state index contributed by atoms with van der Waals surface area (Å²) in [6, 6.07) is 3.40. The molecule has 7 heteroatoms. The lowest BCUT2D eigenvalue weighted by Crippen LogP contribution is -2.30. The van der Waals surface area contributed by atoms with Crippen LogP contribution in [0.25, 0.3) is 0 Å². The maximum atomic E-state index is 11.6. The normalized spacial score (nSPS) is 12.8. The summed E-state index contributed by atoms with van der Waals surface area (Å²) in [5.74, 6) is 0.550. The lowest BCUT2D eigenvalue weighted by Gasteiger charge is -2.09. The molecule has 0 aliphatic carbocycles. The van der Waals surface area contributed by atoms with Crippen LogP contribution in [0, 0.1) is 0 Å². The SMILES string of the molecule is CCS(=O)(=O)c1ccc(CN=C(N)N(C)C)s1. The van der Waals surface area contributed by atoms with Crippen molar-refractivity contribution in [3.8, 4) is 0 Å². The summed E-state index contributed by atoms with van der Waals surface area (Å²) in [4.78, 5) is 6.75. The molecule has 0 amide bonds. The Morgan fingerprint density at radius 1 is 1.47 bits per heavy atom. The van der Waals surface area contributed by atoms with E-state index in [2.05, 4.69) is 4.99 Å². The zero-order valence-electron chi connectivity index (χ0n) is 10.2. The number of aliphatic imine (C=N–C) groups is 1. The average Bonchev–Trinajstić information content (AvgIpc) is 2.75. The number of hydrogen-bond acceptors (Lipinski definition) is 4. The predicted molar refractivity (Wildman–Crippen MR) is 71.1 cm³/mol. The van der Waals surface area contributed by atoms with Crippen molar-refractivity contribution in [3.63, 3.8) is 0 Å². The van der Waals surface area contributed by atoms with Crippen LogP contribution in [0.5, 0.6) is 0 Å². The minimum Gasteiger partial charge on any atom is -0.370 e. The molecule has 0 bridgehead atoms. The van der Waals surface area contributed by atoms with Crippen LogP contribution in [0.4, 0.5) is 0 Å². The van der Waals surface area contributed by atoms with Gasteiger partial charge in [-0.1, -0.05) is 6.92 Å². The van der Waals surface area contributed by atoms with Gasteiger partial charge in [0.2, 0.25) is 0 Å². The van der Waals surface area contributed by atoms with Crippen LogP contribution in [-0.2, 0) is 16.4 Å². The van der Waals surface area contributed by atoms with E-state index in [1.807, 2.05) is 0 Å². The summed E-state index contributed by atoms with van der Waals surface area (Å²) in [7, 11) is 0.508. The second-order valence-electron chi connectivity index (χ2n) is 3.69. The molecule has 1 aromatic rings. The third kappa shape index (κ3) is 3.71. The second kappa shape index (κ2) is 5.50. The lowest BCUT2D eigenvalue weighted by atomic mass is 10.5. The summed E-state index contributed by atoms with van der Waals surface area (Å²) in [5, 5.41) is 0. The molecular weight excluding hydrogens is 258 g/mol. The fraction of sp³-hybridized carbons (Fsp3) is 0.500. The van der Waals surface area contributed by atoms with Crippen molar-refractivity contribution in [1.29, 1.82) is 0 Å². The number of rotatable bonds is 4. The summed E-state index contributed by atoms with van der Waals surface area (Å²) in [6.07, 6.45) is 0. The molecule has 0 spiro atoms. The van der Waals surface area contributed by atoms with E-state index in [0.717, 1.165) is 4.88 Å². The lowest BCUT2D eigenvalue weighted by molar-refractivity contribution is 0.599. The number of nitrogens with zero attached hydrogens (tertiary/aromatic N) is 2. The van der Waals surface area contributed by atoms with Gasteiger partial charge in [-0.15, -0.1) is 11.3 Å². The Balaban J connectivity index is 2.81. The van der Waals surface area contributed by atoms with E-state index in [4.69, 9.17) is 5.73 Å². The highest BCUT2D eigenvalue weighted by molar-refractivity contribution is 7.93. The van der Waals surface area contributed by atoms with Crippen LogP contribution >= 0.6 is 11.3 Å². The Hall–Kier alpha value is -1.08. The number of nitrogens with two attached hydrogens (primary N) is 1. The number of thiophene rings is 1. The average molecular weight is 275 g/mol. The summed E-state index contributed by atoms with van der Waals surface area (Å²) in [6.45, 7) is 2.05. The minimum absolute atomic E-state index is 0.121. The molecule has 0 saturated heterocycles. The molecule has 17 heavy (non-hydrogen) atoms. The summed E-state index contributed by atoms with van der Waals surface area (Å²) in [5.41, 5.74) is 5.65. The molecular formula is C10H17N3O2S2. The Morgan fingerprint density at radius 3 is 2.65 bits per heavy atom. The molecule has 0 aliphatic heterocycles. The van der Waals surface area contributed by atoms with E-state index >= 15 is 0 Å².